The van der Waals surface area contributed by atoms with Crippen molar-refractivity contribution >= 4 is 23.7 Å². The lowest BCUT2D eigenvalue weighted by Crippen LogP contribution is -2.51. The molecule has 2 fully saturated rings. The topological polar surface area (TPSA) is 117 Å². The normalized spacial score (nSPS) is 21.5. The molecule has 4 N–H and O–H groups in total. The summed E-state index contributed by atoms with van der Waals surface area (Å²) in [6.45, 7) is 3.24. The zero-order valence-corrected chi connectivity index (χ0v) is 21.4. The van der Waals surface area contributed by atoms with E-state index in [1.807, 2.05) is 0 Å². The van der Waals surface area contributed by atoms with Crippen molar-refractivity contribution < 1.29 is 28.6 Å². The van der Waals surface area contributed by atoms with Gasteiger partial charge < -0.3 is 24.8 Å². The molecule has 3 rings (SSSR count). The fourth-order valence-electron chi connectivity index (χ4n) is 5.04. The molecular weight excluding hydrogens is 491 g/mol. The van der Waals surface area contributed by atoms with Gasteiger partial charge in [0.2, 0.25) is 0 Å². The summed E-state index contributed by atoms with van der Waals surface area (Å²) < 4.78 is 25.8. The Hall–Kier alpha value is -2.14. The minimum atomic E-state index is -1.15. The van der Waals surface area contributed by atoms with E-state index in [0.717, 1.165) is 51.7 Å². The van der Waals surface area contributed by atoms with Gasteiger partial charge in [-0.2, -0.15) is 0 Å². The van der Waals surface area contributed by atoms with Crippen LogP contribution in [0.1, 0.15) is 56.6 Å². The molecule has 3 atom stereocenters. The van der Waals surface area contributed by atoms with E-state index in [0.29, 0.717) is 31.1 Å². The maximum absolute atomic E-state index is 14.1. The highest BCUT2D eigenvalue weighted by atomic mass is 35.5. The number of nitrogens with one attached hydrogen (secondary N) is 1. The van der Waals surface area contributed by atoms with Gasteiger partial charge in [0.15, 0.2) is 0 Å². The van der Waals surface area contributed by atoms with E-state index in [2.05, 4.69) is 5.32 Å². The molecule has 11 heteroatoms. The van der Waals surface area contributed by atoms with Crippen molar-refractivity contribution in [3.8, 4) is 0 Å². The van der Waals surface area contributed by atoms with Gasteiger partial charge in [-0.3, -0.25) is 5.01 Å². The quantitative estimate of drug-likeness (QED) is 0.179. The number of piperidine rings is 1. The van der Waals surface area contributed by atoms with Crippen LogP contribution in [0.5, 0.6) is 0 Å². The SMILES string of the molecule is NN(CCCC1CCCCOC1)C(=O)N1CCCC(C(OCCNC(=O)O)c2cc(F)cc(Cl)c2)C1. The Kier molecular flexibility index (Phi) is 11.5. The molecule has 0 aromatic heterocycles. The molecule has 0 spiro atoms. The predicted octanol–water partition coefficient (Wildman–Crippen LogP) is 4.41. The molecule has 36 heavy (non-hydrogen) atoms. The molecule has 9 nitrogen and oxygen atoms in total. The standard InChI is InChI=1S/C25H38ClFN4O5/c26-21-13-20(14-22(27)15-21)23(36-12-8-29-24(32)33)19-7-4-9-30(16-19)25(34)31(28)10-3-6-18-5-1-2-11-35-17-18/h13-15,18-19,23,29H,1-12,16-17,28H2,(H,32,33). The Labute approximate surface area is 217 Å². The van der Waals surface area contributed by atoms with Crippen LogP contribution in [-0.2, 0) is 9.47 Å². The number of likely N-dealkylation sites (tertiary alicyclic amines) is 1. The first-order chi connectivity index (χ1) is 17.3. The number of hydrogen-bond donors (Lipinski definition) is 3. The number of nitrogens with zero attached hydrogens (tertiary/aromatic N) is 2. The van der Waals surface area contributed by atoms with Crippen molar-refractivity contribution in [1.82, 2.24) is 15.2 Å². The second kappa shape index (κ2) is 14.6. The number of carbonyl (C=O) groups excluding carboxylic acids is 1. The Morgan fingerprint density at radius 3 is 2.92 bits per heavy atom. The molecule has 3 unspecified atom stereocenters. The second-order valence-corrected chi connectivity index (χ2v) is 10.1. The van der Waals surface area contributed by atoms with Gasteiger partial charge in [-0.05, 0) is 68.2 Å². The monoisotopic (exact) mass is 528 g/mol. The predicted molar refractivity (Wildman–Crippen MR) is 134 cm³/mol. The zero-order valence-electron chi connectivity index (χ0n) is 20.7. The molecule has 1 aromatic rings. The number of nitrogens with two attached hydrogens (primary N) is 1. The first-order valence-electron chi connectivity index (χ1n) is 12.8. The van der Waals surface area contributed by atoms with Gasteiger partial charge in [-0.1, -0.05) is 18.0 Å². The number of amides is 3. The molecule has 2 heterocycles. The molecule has 202 valence electrons. The Morgan fingerprint density at radius 1 is 1.31 bits per heavy atom. The molecule has 2 aliphatic rings. The molecule has 0 radical (unpaired) electrons. The molecule has 0 aliphatic carbocycles. The number of hydrogen-bond acceptors (Lipinski definition) is 5. The third kappa shape index (κ3) is 9.06. The number of rotatable bonds is 10. The number of halogens is 2. The van der Waals surface area contributed by atoms with Crippen LogP contribution in [0.2, 0.25) is 5.02 Å². The van der Waals surface area contributed by atoms with Gasteiger partial charge in [-0.15, -0.1) is 0 Å². The highest BCUT2D eigenvalue weighted by Crippen LogP contribution is 2.34. The van der Waals surface area contributed by atoms with Crippen LogP contribution in [0.4, 0.5) is 14.0 Å². The summed E-state index contributed by atoms with van der Waals surface area (Å²) in [5, 5.41) is 12.6. The number of hydrazine groups is 1. The molecule has 2 aliphatic heterocycles. The third-order valence-electron chi connectivity index (χ3n) is 6.81. The van der Waals surface area contributed by atoms with E-state index in [1.54, 1.807) is 11.0 Å². The smallest absolute Gasteiger partial charge is 0.404 e. The highest BCUT2D eigenvalue weighted by Gasteiger charge is 2.33. The number of carbonyl (C=O) groups is 2. The lowest BCUT2D eigenvalue weighted by molar-refractivity contribution is -0.0107. The third-order valence-corrected chi connectivity index (χ3v) is 7.03. The van der Waals surface area contributed by atoms with Gasteiger partial charge in [0.05, 0.1) is 12.7 Å². The second-order valence-electron chi connectivity index (χ2n) is 9.63. The van der Waals surface area contributed by atoms with E-state index in [1.165, 1.54) is 23.6 Å². The summed E-state index contributed by atoms with van der Waals surface area (Å²) in [6.07, 6.45) is 5.05. The molecule has 0 bridgehead atoms. The van der Waals surface area contributed by atoms with E-state index in [-0.39, 0.29) is 30.1 Å². The van der Waals surface area contributed by atoms with Crippen molar-refractivity contribution in [2.75, 3.05) is 46.0 Å². The largest absolute Gasteiger partial charge is 0.465 e. The minimum Gasteiger partial charge on any atom is -0.465 e. The molecule has 1 aromatic carbocycles. The number of ether oxygens (including phenoxy) is 2. The lowest BCUT2D eigenvalue weighted by atomic mass is 9.88. The summed E-state index contributed by atoms with van der Waals surface area (Å²) in [5.41, 5.74) is 0.560. The number of urea groups is 1. The maximum Gasteiger partial charge on any atom is 0.404 e. The molecular formula is C25H38ClFN4O5. The van der Waals surface area contributed by atoms with E-state index in [9.17, 15) is 14.0 Å². The van der Waals surface area contributed by atoms with Crippen molar-refractivity contribution in [2.24, 2.45) is 17.7 Å². The molecule has 0 saturated carbocycles. The van der Waals surface area contributed by atoms with Crippen LogP contribution in [0.25, 0.3) is 0 Å². The van der Waals surface area contributed by atoms with Crippen LogP contribution in [0, 0.1) is 17.7 Å². The fourth-order valence-corrected chi connectivity index (χ4v) is 5.27. The summed E-state index contributed by atoms with van der Waals surface area (Å²) in [5.74, 6) is 6.05. The molecule has 3 amide bonds. The Balaban J connectivity index is 1.58. The van der Waals surface area contributed by atoms with Crippen molar-refractivity contribution in [2.45, 2.75) is 51.0 Å². The minimum absolute atomic E-state index is 0.0901. The van der Waals surface area contributed by atoms with Crippen LogP contribution in [-0.4, -0.2) is 73.1 Å². The van der Waals surface area contributed by atoms with E-state index >= 15 is 0 Å². The molecule has 2 saturated heterocycles. The lowest BCUT2D eigenvalue weighted by Gasteiger charge is -2.38. The zero-order chi connectivity index (χ0) is 25.9. The van der Waals surface area contributed by atoms with Gasteiger partial charge in [0.25, 0.3) is 0 Å². The van der Waals surface area contributed by atoms with E-state index in [4.69, 9.17) is 32.0 Å². The van der Waals surface area contributed by atoms with Crippen molar-refractivity contribution in [3.63, 3.8) is 0 Å². The van der Waals surface area contributed by atoms with Crippen LogP contribution in [0.15, 0.2) is 18.2 Å². The van der Waals surface area contributed by atoms with Crippen molar-refractivity contribution in [3.05, 3.63) is 34.6 Å². The van der Waals surface area contributed by atoms with Crippen LogP contribution >= 0.6 is 11.6 Å². The number of benzene rings is 1. The van der Waals surface area contributed by atoms with Gasteiger partial charge >= 0.3 is 12.1 Å². The van der Waals surface area contributed by atoms with Gasteiger partial charge in [0, 0.05) is 50.3 Å². The maximum atomic E-state index is 14.1. The Bertz CT molecular complexity index is 835. The number of carboxylic acid groups (broad SMARTS) is 1. The van der Waals surface area contributed by atoms with Gasteiger partial charge in [-0.25, -0.2) is 19.8 Å². The van der Waals surface area contributed by atoms with Crippen LogP contribution < -0.4 is 11.2 Å². The average Bonchev–Trinajstić information content (AvgIpc) is 3.11. The summed E-state index contributed by atoms with van der Waals surface area (Å²) in [6, 6.07) is 4.00. The van der Waals surface area contributed by atoms with Crippen molar-refractivity contribution in [1.29, 1.82) is 0 Å². The fraction of sp³-hybridized carbons (Fsp3) is 0.680. The summed E-state index contributed by atoms with van der Waals surface area (Å²) in [7, 11) is 0. The first kappa shape index (κ1) is 28.4. The van der Waals surface area contributed by atoms with E-state index < -0.39 is 18.0 Å². The Morgan fingerprint density at radius 2 is 2.14 bits per heavy atom. The first-order valence-corrected chi connectivity index (χ1v) is 13.1. The highest BCUT2D eigenvalue weighted by molar-refractivity contribution is 6.30. The average molecular weight is 529 g/mol. The summed E-state index contributed by atoms with van der Waals surface area (Å²) in [4.78, 5) is 25.6. The van der Waals surface area contributed by atoms with Crippen LogP contribution in [0.3, 0.4) is 0 Å². The summed E-state index contributed by atoms with van der Waals surface area (Å²) >= 11 is 6.09. The van der Waals surface area contributed by atoms with Gasteiger partial charge in [0.1, 0.15) is 5.82 Å².